The summed E-state index contributed by atoms with van der Waals surface area (Å²) in [5.74, 6) is 0. The molecule has 3 nitrogen and oxygen atoms in total. The predicted octanol–water partition coefficient (Wildman–Crippen LogP) is 2.79. The third kappa shape index (κ3) is 2.64. The van der Waals surface area contributed by atoms with Crippen LogP contribution in [0.3, 0.4) is 0 Å². The SMILES string of the molecule is CCN(CC)S(=O)(=O)c1ccc(Br)c(C)c1. The van der Waals surface area contributed by atoms with Crippen molar-refractivity contribution in [2.45, 2.75) is 25.7 Å². The van der Waals surface area contributed by atoms with Crippen LogP contribution in [-0.4, -0.2) is 25.8 Å². The largest absolute Gasteiger partial charge is 0.243 e. The molecule has 0 saturated heterocycles. The molecule has 0 aliphatic carbocycles. The van der Waals surface area contributed by atoms with Gasteiger partial charge in [0.2, 0.25) is 10.0 Å². The molecule has 16 heavy (non-hydrogen) atoms. The Labute approximate surface area is 106 Å². The van der Waals surface area contributed by atoms with E-state index in [-0.39, 0.29) is 0 Å². The molecule has 0 atom stereocenters. The molecule has 90 valence electrons. The number of nitrogens with zero attached hydrogens (tertiary/aromatic N) is 1. The summed E-state index contributed by atoms with van der Waals surface area (Å²) in [6.07, 6.45) is 0. The summed E-state index contributed by atoms with van der Waals surface area (Å²) in [7, 11) is -3.33. The van der Waals surface area contributed by atoms with E-state index in [0.29, 0.717) is 18.0 Å². The molecule has 0 amide bonds. The zero-order chi connectivity index (χ0) is 12.3. The first-order chi connectivity index (χ1) is 7.43. The Morgan fingerprint density at radius 3 is 2.25 bits per heavy atom. The van der Waals surface area contributed by atoms with E-state index in [1.165, 1.54) is 4.31 Å². The Kier molecular flexibility index (Phi) is 4.52. The van der Waals surface area contributed by atoms with Crippen LogP contribution in [0.1, 0.15) is 19.4 Å². The Morgan fingerprint density at radius 1 is 1.25 bits per heavy atom. The highest BCUT2D eigenvalue weighted by Crippen LogP contribution is 2.22. The molecule has 0 fully saturated rings. The highest BCUT2D eigenvalue weighted by atomic mass is 79.9. The van der Waals surface area contributed by atoms with E-state index in [4.69, 9.17) is 0 Å². The zero-order valence-corrected chi connectivity index (χ0v) is 12.1. The fourth-order valence-electron chi connectivity index (χ4n) is 1.49. The Bertz CT molecular complexity index is 467. The van der Waals surface area contributed by atoms with Crippen molar-refractivity contribution < 1.29 is 8.42 Å². The topological polar surface area (TPSA) is 37.4 Å². The number of sulfonamides is 1. The lowest BCUT2D eigenvalue weighted by Gasteiger charge is -2.18. The normalized spacial score (nSPS) is 12.1. The highest BCUT2D eigenvalue weighted by molar-refractivity contribution is 9.10. The number of rotatable bonds is 4. The van der Waals surface area contributed by atoms with Crippen LogP contribution in [0, 0.1) is 6.92 Å². The monoisotopic (exact) mass is 305 g/mol. The minimum atomic E-state index is -3.33. The van der Waals surface area contributed by atoms with Crippen LogP contribution < -0.4 is 0 Å². The van der Waals surface area contributed by atoms with Crippen molar-refractivity contribution >= 4 is 26.0 Å². The van der Waals surface area contributed by atoms with Crippen molar-refractivity contribution in [1.82, 2.24) is 4.31 Å². The van der Waals surface area contributed by atoms with E-state index in [1.54, 1.807) is 18.2 Å². The number of hydrogen-bond acceptors (Lipinski definition) is 2. The maximum absolute atomic E-state index is 12.2. The standard InChI is InChI=1S/C11H16BrNO2S/c1-4-13(5-2)16(14,15)10-6-7-11(12)9(3)8-10/h6-8H,4-5H2,1-3H3. The first kappa shape index (κ1) is 13.7. The van der Waals surface area contributed by atoms with E-state index in [2.05, 4.69) is 15.9 Å². The molecule has 0 unspecified atom stereocenters. The van der Waals surface area contributed by atoms with E-state index < -0.39 is 10.0 Å². The zero-order valence-electron chi connectivity index (χ0n) is 9.70. The van der Waals surface area contributed by atoms with Gasteiger partial charge in [0.1, 0.15) is 0 Å². The smallest absolute Gasteiger partial charge is 0.207 e. The van der Waals surface area contributed by atoms with Gasteiger partial charge in [0.05, 0.1) is 4.90 Å². The van der Waals surface area contributed by atoms with Crippen LogP contribution in [0.2, 0.25) is 0 Å². The van der Waals surface area contributed by atoms with Gasteiger partial charge in [0.15, 0.2) is 0 Å². The molecular formula is C11H16BrNO2S. The molecule has 0 bridgehead atoms. The van der Waals surface area contributed by atoms with Crippen LogP contribution >= 0.6 is 15.9 Å². The van der Waals surface area contributed by atoms with Gasteiger partial charge in [-0.15, -0.1) is 0 Å². The van der Waals surface area contributed by atoms with Gasteiger partial charge < -0.3 is 0 Å². The molecule has 0 spiro atoms. The van der Waals surface area contributed by atoms with Crippen molar-refractivity contribution in [2.75, 3.05) is 13.1 Å². The molecule has 5 heteroatoms. The molecular weight excluding hydrogens is 290 g/mol. The Morgan fingerprint density at radius 2 is 1.81 bits per heavy atom. The number of hydrogen-bond donors (Lipinski definition) is 0. The highest BCUT2D eigenvalue weighted by Gasteiger charge is 2.21. The van der Waals surface area contributed by atoms with Crippen molar-refractivity contribution in [3.63, 3.8) is 0 Å². The van der Waals surface area contributed by atoms with Gasteiger partial charge in [-0.25, -0.2) is 8.42 Å². The van der Waals surface area contributed by atoms with Crippen LogP contribution in [0.15, 0.2) is 27.6 Å². The van der Waals surface area contributed by atoms with Crippen molar-refractivity contribution in [1.29, 1.82) is 0 Å². The lowest BCUT2D eigenvalue weighted by atomic mass is 10.2. The number of benzene rings is 1. The van der Waals surface area contributed by atoms with E-state index in [1.807, 2.05) is 20.8 Å². The van der Waals surface area contributed by atoms with Crippen LogP contribution in [0.25, 0.3) is 0 Å². The van der Waals surface area contributed by atoms with Gasteiger partial charge in [-0.1, -0.05) is 29.8 Å². The minimum Gasteiger partial charge on any atom is -0.207 e. The molecule has 0 radical (unpaired) electrons. The molecule has 0 saturated carbocycles. The number of halogens is 1. The van der Waals surface area contributed by atoms with E-state index in [0.717, 1.165) is 10.0 Å². The molecule has 1 rings (SSSR count). The maximum atomic E-state index is 12.2. The fraction of sp³-hybridized carbons (Fsp3) is 0.455. The first-order valence-electron chi connectivity index (χ1n) is 5.19. The molecule has 0 aliphatic rings. The Hall–Kier alpha value is -0.390. The maximum Gasteiger partial charge on any atom is 0.243 e. The summed E-state index contributed by atoms with van der Waals surface area (Å²) in [5, 5.41) is 0. The second kappa shape index (κ2) is 5.29. The lowest BCUT2D eigenvalue weighted by molar-refractivity contribution is 0.445. The van der Waals surface area contributed by atoms with Crippen LogP contribution in [-0.2, 0) is 10.0 Å². The summed E-state index contributed by atoms with van der Waals surface area (Å²) in [5.41, 5.74) is 0.924. The van der Waals surface area contributed by atoms with Crippen molar-refractivity contribution in [3.8, 4) is 0 Å². The molecule has 0 N–H and O–H groups in total. The van der Waals surface area contributed by atoms with E-state index >= 15 is 0 Å². The summed E-state index contributed by atoms with van der Waals surface area (Å²) >= 11 is 3.36. The number of aryl methyl sites for hydroxylation is 1. The molecule has 1 aromatic rings. The summed E-state index contributed by atoms with van der Waals surface area (Å²) in [6.45, 7) is 6.55. The third-order valence-corrected chi connectivity index (χ3v) is 5.41. The van der Waals surface area contributed by atoms with Gasteiger partial charge in [-0.05, 0) is 30.7 Å². The molecule has 0 aromatic heterocycles. The second-order valence-corrected chi connectivity index (χ2v) is 6.29. The van der Waals surface area contributed by atoms with Gasteiger partial charge in [0.25, 0.3) is 0 Å². The second-order valence-electron chi connectivity index (χ2n) is 3.50. The van der Waals surface area contributed by atoms with E-state index in [9.17, 15) is 8.42 Å². The van der Waals surface area contributed by atoms with Crippen LogP contribution in [0.5, 0.6) is 0 Å². The van der Waals surface area contributed by atoms with Gasteiger partial charge >= 0.3 is 0 Å². The molecule has 1 aromatic carbocycles. The first-order valence-corrected chi connectivity index (χ1v) is 7.43. The van der Waals surface area contributed by atoms with Gasteiger partial charge in [-0.2, -0.15) is 4.31 Å². The average molecular weight is 306 g/mol. The van der Waals surface area contributed by atoms with Gasteiger partial charge in [-0.3, -0.25) is 0 Å². The third-order valence-electron chi connectivity index (χ3n) is 2.47. The van der Waals surface area contributed by atoms with Crippen molar-refractivity contribution in [2.24, 2.45) is 0 Å². The Balaban J connectivity index is 3.22. The van der Waals surface area contributed by atoms with Crippen molar-refractivity contribution in [3.05, 3.63) is 28.2 Å². The summed E-state index contributed by atoms with van der Waals surface area (Å²) in [4.78, 5) is 0.358. The fourth-order valence-corrected chi connectivity index (χ4v) is 3.28. The molecule has 0 aliphatic heterocycles. The average Bonchev–Trinajstić information content (AvgIpc) is 2.23. The van der Waals surface area contributed by atoms with Gasteiger partial charge in [0, 0.05) is 17.6 Å². The molecule has 0 heterocycles. The van der Waals surface area contributed by atoms with Crippen LogP contribution in [0.4, 0.5) is 0 Å². The lowest BCUT2D eigenvalue weighted by Crippen LogP contribution is -2.30. The summed E-state index contributed by atoms with van der Waals surface area (Å²) < 4.78 is 26.7. The quantitative estimate of drug-likeness (QED) is 0.858. The predicted molar refractivity (Wildman–Crippen MR) is 69.0 cm³/mol. The summed E-state index contributed by atoms with van der Waals surface area (Å²) in [6, 6.07) is 5.09. The minimum absolute atomic E-state index is 0.358.